The van der Waals surface area contributed by atoms with Crippen molar-refractivity contribution in [3.63, 3.8) is 0 Å². The van der Waals surface area contributed by atoms with Gasteiger partial charge in [0.2, 0.25) is 5.13 Å². The Bertz CT molecular complexity index is 1070. The molecule has 0 radical (unpaired) electrons. The molecule has 1 heterocycles. The topological polar surface area (TPSA) is 74.3 Å². The monoisotopic (exact) mass is 448 g/mol. The van der Waals surface area contributed by atoms with Crippen LogP contribution < -0.4 is 15.8 Å². The van der Waals surface area contributed by atoms with Crippen molar-refractivity contribution in [1.29, 1.82) is 0 Å². The standard InChI is InChI=1S/C25H28N4O2S/c1-17-8-12-19(13-9-17)22-16-32-25(27-22)29(24(31)26-21-6-4-3-5-7-21)28-23(30)20-14-10-18(2)11-15-20/h8-16,21H,3-7H2,1-2H3,(H,26,31)(H,28,30). The van der Waals surface area contributed by atoms with Crippen LogP contribution in [0.25, 0.3) is 11.3 Å². The highest BCUT2D eigenvalue weighted by atomic mass is 32.1. The van der Waals surface area contributed by atoms with Crippen molar-refractivity contribution in [3.8, 4) is 11.3 Å². The van der Waals surface area contributed by atoms with E-state index in [-0.39, 0.29) is 18.0 Å². The summed E-state index contributed by atoms with van der Waals surface area (Å²) in [4.78, 5) is 30.7. The van der Waals surface area contributed by atoms with Gasteiger partial charge in [-0.25, -0.2) is 9.78 Å². The van der Waals surface area contributed by atoms with Crippen LogP contribution in [-0.4, -0.2) is 23.0 Å². The third kappa shape index (κ3) is 5.34. The number of hydrogen-bond acceptors (Lipinski definition) is 4. The van der Waals surface area contributed by atoms with Crippen molar-refractivity contribution in [2.24, 2.45) is 0 Å². The molecule has 7 heteroatoms. The molecule has 2 aromatic carbocycles. The van der Waals surface area contributed by atoms with Crippen molar-refractivity contribution < 1.29 is 9.59 Å². The van der Waals surface area contributed by atoms with E-state index >= 15 is 0 Å². The van der Waals surface area contributed by atoms with E-state index in [0.29, 0.717) is 10.7 Å². The van der Waals surface area contributed by atoms with Gasteiger partial charge in [-0.1, -0.05) is 66.8 Å². The van der Waals surface area contributed by atoms with Gasteiger partial charge in [0.25, 0.3) is 5.91 Å². The molecule has 3 amide bonds. The van der Waals surface area contributed by atoms with Gasteiger partial charge in [-0.3, -0.25) is 10.2 Å². The average Bonchev–Trinajstić information content (AvgIpc) is 3.28. The Balaban J connectivity index is 1.57. The summed E-state index contributed by atoms with van der Waals surface area (Å²) in [5.41, 5.74) is 7.22. The number of hydrogen-bond donors (Lipinski definition) is 2. The highest BCUT2D eigenvalue weighted by Crippen LogP contribution is 2.27. The first kappa shape index (κ1) is 22.0. The number of carbonyl (C=O) groups excluding carboxylic acids is 2. The normalized spacial score (nSPS) is 14.1. The Kier molecular flexibility index (Phi) is 6.85. The van der Waals surface area contributed by atoms with E-state index in [1.54, 1.807) is 12.1 Å². The molecule has 1 aromatic heterocycles. The highest BCUT2D eigenvalue weighted by Gasteiger charge is 2.25. The van der Waals surface area contributed by atoms with Gasteiger partial charge in [-0.2, -0.15) is 5.01 Å². The minimum Gasteiger partial charge on any atom is -0.333 e. The molecule has 0 atom stereocenters. The van der Waals surface area contributed by atoms with Crippen LogP contribution in [0.1, 0.15) is 53.6 Å². The number of carbonyl (C=O) groups is 2. The molecule has 1 aliphatic carbocycles. The molecule has 0 aliphatic heterocycles. The SMILES string of the molecule is Cc1ccc(C(=O)NN(C(=O)NC2CCCCC2)c2nc(-c3ccc(C)cc3)cs2)cc1. The molecule has 4 rings (SSSR count). The van der Waals surface area contributed by atoms with Gasteiger partial charge in [0.05, 0.1) is 5.69 Å². The molecule has 6 nitrogen and oxygen atoms in total. The maximum Gasteiger partial charge on any atom is 0.343 e. The second-order valence-corrected chi connectivity index (χ2v) is 9.14. The van der Waals surface area contributed by atoms with Crippen LogP contribution in [0.4, 0.5) is 9.93 Å². The number of hydrazine groups is 1. The van der Waals surface area contributed by atoms with Gasteiger partial charge < -0.3 is 5.32 Å². The summed E-state index contributed by atoms with van der Waals surface area (Å²) in [6, 6.07) is 15.1. The number of aromatic nitrogens is 1. The Morgan fingerprint density at radius 2 is 1.56 bits per heavy atom. The number of nitrogens with one attached hydrogen (secondary N) is 2. The van der Waals surface area contributed by atoms with E-state index in [2.05, 4.69) is 15.7 Å². The summed E-state index contributed by atoms with van der Waals surface area (Å²) in [5.74, 6) is -0.351. The average molecular weight is 449 g/mol. The Morgan fingerprint density at radius 3 is 2.22 bits per heavy atom. The smallest absolute Gasteiger partial charge is 0.333 e. The van der Waals surface area contributed by atoms with Crippen molar-refractivity contribution >= 4 is 28.4 Å². The van der Waals surface area contributed by atoms with E-state index in [1.165, 1.54) is 28.3 Å². The Hall–Kier alpha value is -3.19. The maximum absolute atomic E-state index is 13.2. The number of benzene rings is 2. The molecule has 1 aliphatic rings. The molecular formula is C25H28N4O2S. The van der Waals surface area contributed by atoms with Gasteiger partial charge in [0.1, 0.15) is 0 Å². The molecule has 0 saturated heterocycles. The van der Waals surface area contributed by atoms with Crippen LogP contribution in [0.2, 0.25) is 0 Å². The first-order valence-electron chi connectivity index (χ1n) is 11.0. The van der Waals surface area contributed by atoms with Crippen molar-refractivity contribution in [2.75, 3.05) is 5.01 Å². The fraction of sp³-hybridized carbons (Fsp3) is 0.320. The molecule has 32 heavy (non-hydrogen) atoms. The molecular weight excluding hydrogens is 420 g/mol. The fourth-order valence-electron chi connectivity index (χ4n) is 3.77. The zero-order valence-electron chi connectivity index (χ0n) is 18.4. The van der Waals surface area contributed by atoms with Crippen LogP contribution in [0, 0.1) is 13.8 Å². The van der Waals surface area contributed by atoms with Crippen molar-refractivity contribution in [2.45, 2.75) is 52.0 Å². The fourth-order valence-corrected chi connectivity index (χ4v) is 4.56. The number of aryl methyl sites for hydroxylation is 2. The number of amides is 3. The molecule has 1 saturated carbocycles. The van der Waals surface area contributed by atoms with Crippen LogP contribution in [0.5, 0.6) is 0 Å². The number of rotatable bonds is 4. The predicted molar refractivity (Wildman–Crippen MR) is 129 cm³/mol. The van der Waals surface area contributed by atoms with Crippen LogP contribution in [-0.2, 0) is 0 Å². The molecule has 3 aromatic rings. The van der Waals surface area contributed by atoms with Crippen molar-refractivity contribution in [1.82, 2.24) is 15.7 Å². The minimum absolute atomic E-state index is 0.117. The molecule has 2 N–H and O–H groups in total. The van der Waals surface area contributed by atoms with Crippen molar-refractivity contribution in [3.05, 3.63) is 70.6 Å². The Morgan fingerprint density at radius 1 is 0.938 bits per heavy atom. The van der Waals surface area contributed by atoms with E-state index in [9.17, 15) is 9.59 Å². The molecule has 0 unspecified atom stereocenters. The zero-order chi connectivity index (χ0) is 22.5. The minimum atomic E-state index is -0.359. The molecule has 1 fully saturated rings. The number of anilines is 1. The Labute approximate surface area is 192 Å². The summed E-state index contributed by atoms with van der Waals surface area (Å²) in [7, 11) is 0. The summed E-state index contributed by atoms with van der Waals surface area (Å²) in [6.45, 7) is 4.00. The first-order valence-corrected chi connectivity index (χ1v) is 11.9. The van der Waals surface area contributed by atoms with Crippen LogP contribution in [0.15, 0.2) is 53.9 Å². The second-order valence-electron chi connectivity index (χ2n) is 8.31. The lowest BCUT2D eigenvalue weighted by atomic mass is 9.96. The van der Waals surface area contributed by atoms with Gasteiger partial charge in [0.15, 0.2) is 0 Å². The van der Waals surface area contributed by atoms with Crippen LogP contribution in [0.3, 0.4) is 0 Å². The summed E-state index contributed by atoms with van der Waals surface area (Å²) >= 11 is 1.33. The van der Waals surface area contributed by atoms with E-state index < -0.39 is 0 Å². The van der Waals surface area contributed by atoms with E-state index in [1.807, 2.05) is 55.6 Å². The summed E-state index contributed by atoms with van der Waals surface area (Å²) < 4.78 is 0. The first-order chi connectivity index (χ1) is 15.5. The quantitative estimate of drug-likeness (QED) is 0.509. The lowest BCUT2D eigenvalue weighted by Crippen LogP contribution is -2.53. The van der Waals surface area contributed by atoms with Crippen LogP contribution >= 0.6 is 11.3 Å². The van der Waals surface area contributed by atoms with E-state index in [0.717, 1.165) is 42.5 Å². The molecule has 0 spiro atoms. The van der Waals surface area contributed by atoms with Gasteiger partial charge in [0, 0.05) is 22.5 Å². The maximum atomic E-state index is 13.2. The third-order valence-corrected chi connectivity index (χ3v) is 6.52. The highest BCUT2D eigenvalue weighted by molar-refractivity contribution is 7.14. The lowest BCUT2D eigenvalue weighted by molar-refractivity contribution is 0.0949. The second kappa shape index (κ2) is 9.96. The van der Waals surface area contributed by atoms with Gasteiger partial charge in [-0.15, -0.1) is 11.3 Å². The summed E-state index contributed by atoms with van der Waals surface area (Å²) in [6.07, 6.45) is 5.33. The van der Waals surface area contributed by atoms with Gasteiger partial charge in [-0.05, 0) is 38.8 Å². The molecule has 166 valence electrons. The van der Waals surface area contributed by atoms with E-state index in [4.69, 9.17) is 0 Å². The third-order valence-electron chi connectivity index (χ3n) is 5.69. The largest absolute Gasteiger partial charge is 0.343 e. The van der Waals surface area contributed by atoms with Gasteiger partial charge >= 0.3 is 6.03 Å². The lowest BCUT2D eigenvalue weighted by Gasteiger charge is -2.27. The number of urea groups is 1. The predicted octanol–water partition coefficient (Wildman–Crippen LogP) is 5.62. The summed E-state index contributed by atoms with van der Waals surface area (Å²) in [5, 5.41) is 6.65. The molecule has 0 bridgehead atoms. The zero-order valence-corrected chi connectivity index (χ0v) is 19.2. The number of thiazole rings is 1. The number of nitrogens with zero attached hydrogens (tertiary/aromatic N) is 2.